The van der Waals surface area contributed by atoms with Crippen molar-refractivity contribution in [1.29, 1.82) is 0 Å². The molecule has 0 saturated carbocycles. The van der Waals surface area contributed by atoms with E-state index in [-0.39, 0.29) is 0 Å². The van der Waals surface area contributed by atoms with Crippen molar-refractivity contribution in [2.45, 2.75) is 0 Å². The monoisotopic (exact) mass is 270 g/mol. The van der Waals surface area contributed by atoms with E-state index in [4.69, 9.17) is 16.3 Å². The van der Waals surface area contributed by atoms with Crippen LogP contribution >= 0.6 is 34.2 Å². The van der Waals surface area contributed by atoms with Gasteiger partial charge < -0.3 is 4.74 Å². The summed E-state index contributed by atoms with van der Waals surface area (Å²) in [6.07, 6.45) is 1.48. The van der Waals surface area contributed by atoms with Crippen LogP contribution < -0.4 is 4.74 Å². The van der Waals surface area contributed by atoms with Crippen LogP contribution in [-0.4, -0.2) is 17.1 Å². The van der Waals surface area contributed by atoms with Crippen molar-refractivity contribution in [2.75, 3.05) is 7.11 Å². The molecule has 0 aliphatic rings. The van der Waals surface area contributed by atoms with E-state index in [1.807, 2.05) is 22.6 Å². The Bertz CT molecular complexity index is 243. The minimum absolute atomic E-state index is 0.345. The molecule has 0 saturated heterocycles. The van der Waals surface area contributed by atoms with Crippen LogP contribution in [0.15, 0.2) is 6.20 Å². The van der Waals surface area contributed by atoms with Crippen LogP contribution in [0.1, 0.15) is 0 Å². The highest BCUT2D eigenvalue weighted by molar-refractivity contribution is 14.1. The molecule has 5 heteroatoms. The van der Waals surface area contributed by atoms with E-state index < -0.39 is 0 Å². The van der Waals surface area contributed by atoms with Crippen molar-refractivity contribution in [3.05, 3.63) is 15.1 Å². The molecule has 0 aromatic carbocycles. The van der Waals surface area contributed by atoms with Crippen LogP contribution in [0.3, 0.4) is 0 Å². The minimum atomic E-state index is 0.345. The van der Waals surface area contributed by atoms with Gasteiger partial charge in [0.2, 0.25) is 5.88 Å². The molecule has 1 aromatic rings. The van der Waals surface area contributed by atoms with Crippen molar-refractivity contribution >= 4 is 34.2 Å². The molecule has 0 amide bonds. The average molecular weight is 270 g/mol. The molecule has 3 nitrogen and oxygen atoms in total. The maximum absolute atomic E-state index is 5.54. The first-order chi connectivity index (χ1) is 4.74. The highest BCUT2D eigenvalue weighted by atomic mass is 127. The third-order valence-corrected chi connectivity index (χ3v) is 1.78. The summed E-state index contributed by atoms with van der Waals surface area (Å²) in [5.74, 6) is 0.466. The van der Waals surface area contributed by atoms with Crippen molar-refractivity contribution in [1.82, 2.24) is 9.97 Å². The molecule has 0 radical (unpaired) electrons. The Kier molecular flexibility index (Phi) is 2.67. The third-order valence-electron chi connectivity index (χ3n) is 0.863. The second kappa shape index (κ2) is 3.34. The molecular weight excluding hydrogens is 266 g/mol. The fraction of sp³-hybridized carbons (Fsp3) is 0.200. The highest BCUT2D eigenvalue weighted by Gasteiger charge is 2.01. The summed E-state index contributed by atoms with van der Waals surface area (Å²) in [6, 6.07) is 0. The second-order valence-electron chi connectivity index (χ2n) is 1.49. The summed E-state index contributed by atoms with van der Waals surface area (Å²) in [7, 11) is 1.53. The summed E-state index contributed by atoms with van der Waals surface area (Å²) in [6.45, 7) is 0. The Morgan fingerprint density at radius 2 is 2.40 bits per heavy atom. The Morgan fingerprint density at radius 1 is 1.70 bits per heavy atom. The third kappa shape index (κ3) is 1.69. The molecule has 0 atom stereocenters. The molecule has 0 unspecified atom stereocenters. The Labute approximate surface area is 76.9 Å². The number of ether oxygens (including phenoxy) is 1. The van der Waals surface area contributed by atoms with Gasteiger partial charge in [-0.1, -0.05) is 11.6 Å². The van der Waals surface area contributed by atoms with Crippen molar-refractivity contribution < 1.29 is 4.74 Å². The predicted molar refractivity (Wildman–Crippen MR) is 46.3 cm³/mol. The van der Waals surface area contributed by atoms with Gasteiger partial charge in [-0.25, -0.2) is 4.98 Å². The van der Waals surface area contributed by atoms with Crippen LogP contribution in [0.5, 0.6) is 5.88 Å². The fourth-order valence-electron chi connectivity index (χ4n) is 0.467. The van der Waals surface area contributed by atoms with Gasteiger partial charge in [0.25, 0.3) is 0 Å². The zero-order valence-electron chi connectivity index (χ0n) is 5.14. The van der Waals surface area contributed by atoms with E-state index >= 15 is 0 Å². The van der Waals surface area contributed by atoms with E-state index in [2.05, 4.69) is 9.97 Å². The lowest BCUT2D eigenvalue weighted by Gasteiger charge is -1.98. The number of hydrogen-bond acceptors (Lipinski definition) is 3. The smallest absolute Gasteiger partial charge is 0.247 e. The van der Waals surface area contributed by atoms with E-state index in [1.165, 1.54) is 13.3 Å². The maximum atomic E-state index is 5.54. The number of aromatic nitrogens is 2. The average Bonchev–Trinajstić information content (AvgIpc) is 1.94. The molecule has 1 rings (SSSR count). The molecule has 0 bridgehead atoms. The van der Waals surface area contributed by atoms with Crippen LogP contribution in [0.2, 0.25) is 5.15 Å². The second-order valence-corrected chi connectivity index (χ2v) is 2.90. The lowest BCUT2D eigenvalue weighted by molar-refractivity contribution is 0.392. The van der Waals surface area contributed by atoms with Crippen LogP contribution in [0.4, 0.5) is 0 Å². The minimum Gasteiger partial charge on any atom is -0.479 e. The molecule has 0 spiro atoms. The Hall–Kier alpha value is -0.100. The summed E-state index contributed by atoms with van der Waals surface area (Å²) < 4.78 is 5.57. The fourth-order valence-corrected chi connectivity index (χ4v) is 1.07. The van der Waals surface area contributed by atoms with Gasteiger partial charge in [-0.3, -0.25) is 0 Å². The number of nitrogens with zero attached hydrogens (tertiary/aromatic N) is 2. The lowest BCUT2D eigenvalue weighted by Crippen LogP contribution is -1.93. The van der Waals surface area contributed by atoms with Crippen molar-refractivity contribution in [3.8, 4) is 5.88 Å². The van der Waals surface area contributed by atoms with Gasteiger partial charge in [0, 0.05) is 0 Å². The molecule has 54 valence electrons. The molecule has 0 aliphatic heterocycles. The van der Waals surface area contributed by atoms with Gasteiger partial charge >= 0.3 is 0 Å². The maximum Gasteiger partial charge on any atom is 0.247 e. The molecule has 1 aromatic heterocycles. The Balaban J connectivity index is 3.09. The number of halogens is 2. The van der Waals surface area contributed by atoms with Gasteiger partial charge in [-0.15, -0.1) is 0 Å². The molecule has 0 aliphatic carbocycles. The number of methoxy groups -OCH3 is 1. The summed E-state index contributed by atoms with van der Waals surface area (Å²) in [5.41, 5.74) is 0. The summed E-state index contributed by atoms with van der Waals surface area (Å²) in [5, 5.41) is 0.345. The molecule has 1 heterocycles. The molecule has 0 fully saturated rings. The first kappa shape index (κ1) is 8.00. The first-order valence-electron chi connectivity index (χ1n) is 2.46. The largest absolute Gasteiger partial charge is 0.479 e. The zero-order valence-corrected chi connectivity index (χ0v) is 8.05. The molecule has 0 N–H and O–H groups in total. The molecule has 10 heavy (non-hydrogen) atoms. The normalized spacial score (nSPS) is 9.50. The first-order valence-corrected chi connectivity index (χ1v) is 3.91. The SMILES string of the molecule is COc1nc(Cl)cnc1I. The van der Waals surface area contributed by atoms with Crippen molar-refractivity contribution in [3.63, 3.8) is 0 Å². The van der Waals surface area contributed by atoms with E-state index in [1.54, 1.807) is 0 Å². The van der Waals surface area contributed by atoms with E-state index in [0.717, 1.165) is 0 Å². The zero-order chi connectivity index (χ0) is 7.56. The van der Waals surface area contributed by atoms with Gasteiger partial charge in [0.05, 0.1) is 13.3 Å². The predicted octanol–water partition coefficient (Wildman–Crippen LogP) is 1.74. The Morgan fingerprint density at radius 3 is 2.90 bits per heavy atom. The van der Waals surface area contributed by atoms with Crippen molar-refractivity contribution in [2.24, 2.45) is 0 Å². The van der Waals surface area contributed by atoms with Gasteiger partial charge in [0.1, 0.15) is 0 Å². The van der Waals surface area contributed by atoms with E-state index in [9.17, 15) is 0 Å². The topological polar surface area (TPSA) is 35.0 Å². The molecular formula is C5H4ClIN2O. The highest BCUT2D eigenvalue weighted by Crippen LogP contribution is 2.16. The number of rotatable bonds is 1. The van der Waals surface area contributed by atoms with Crippen LogP contribution in [-0.2, 0) is 0 Å². The van der Waals surface area contributed by atoms with Gasteiger partial charge in [-0.05, 0) is 22.6 Å². The summed E-state index contributed by atoms with van der Waals surface area (Å²) >= 11 is 7.56. The van der Waals surface area contributed by atoms with Crippen LogP contribution in [0.25, 0.3) is 0 Å². The lowest BCUT2D eigenvalue weighted by atomic mass is 10.7. The van der Waals surface area contributed by atoms with E-state index in [0.29, 0.717) is 14.7 Å². The van der Waals surface area contributed by atoms with Gasteiger partial charge in [0.15, 0.2) is 8.85 Å². The summed E-state index contributed by atoms with van der Waals surface area (Å²) in [4.78, 5) is 7.78. The quantitative estimate of drug-likeness (QED) is 0.729. The van der Waals surface area contributed by atoms with Crippen LogP contribution in [0, 0.1) is 3.70 Å². The number of hydrogen-bond donors (Lipinski definition) is 0. The van der Waals surface area contributed by atoms with Gasteiger partial charge in [-0.2, -0.15) is 4.98 Å². The standard InChI is InChI=1S/C5H4ClIN2O/c1-10-5-4(7)8-2-3(6)9-5/h2H,1H3.